The van der Waals surface area contributed by atoms with Crippen molar-refractivity contribution in [2.75, 3.05) is 13.1 Å². The molecule has 0 radical (unpaired) electrons. The zero-order valence-electron chi connectivity index (χ0n) is 10.1. The second kappa shape index (κ2) is 4.98. The quantitative estimate of drug-likeness (QED) is 0.734. The van der Waals surface area contributed by atoms with E-state index in [9.17, 15) is 9.59 Å². The van der Waals surface area contributed by atoms with Crippen LogP contribution in [0.15, 0.2) is 0 Å². The summed E-state index contributed by atoms with van der Waals surface area (Å²) in [5.74, 6) is 1.60. The first-order chi connectivity index (χ1) is 7.66. The van der Waals surface area contributed by atoms with Crippen LogP contribution in [0.5, 0.6) is 0 Å². The molecule has 0 spiro atoms. The molecule has 1 aliphatic heterocycles. The molecule has 90 valence electrons. The lowest BCUT2D eigenvalue weighted by molar-refractivity contribution is -0.129. The van der Waals surface area contributed by atoms with Gasteiger partial charge in [-0.3, -0.25) is 9.59 Å². The fourth-order valence-electron chi connectivity index (χ4n) is 2.96. The van der Waals surface area contributed by atoms with Gasteiger partial charge in [0.15, 0.2) is 0 Å². The van der Waals surface area contributed by atoms with Crippen molar-refractivity contribution < 1.29 is 9.59 Å². The smallest absolute Gasteiger partial charge is 0.222 e. The summed E-state index contributed by atoms with van der Waals surface area (Å²) in [5, 5.41) is 0. The zero-order valence-corrected chi connectivity index (χ0v) is 10.1. The predicted molar refractivity (Wildman–Crippen MR) is 61.9 cm³/mol. The number of Topliss-reactive ketones (excluding diaryl/α,β-unsaturated/α-hetero) is 1. The van der Waals surface area contributed by atoms with Gasteiger partial charge in [-0.25, -0.2) is 0 Å². The van der Waals surface area contributed by atoms with E-state index in [-0.39, 0.29) is 0 Å². The van der Waals surface area contributed by atoms with Crippen molar-refractivity contribution >= 4 is 11.7 Å². The van der Waals surface area contributed by atoms with E-state index in [1.165, 1.54) is 0 Å². The molecule has 0 aromatic carbocycles. The number of rotatable bonds is 3. The summed E-state index contributed by atoms with van der Waals surface area (Å²) in [6.45, 7) is 3.59. The summed E-state index contributed by atoms with van der Waals surface area (Å²) in [5.41, 5.74) is 0. The Balaban J connectivity index is 1.77. The van der Waals surface area contributed by atoms with Gasteiger partial charge in [-0.15, -0.1) is 0 Å². The largest absolute Gasteiger partial charge is 0.342 e. The fourth-order valence-corrected chi connectivity index (χ4v) is 2.96. The van der Waals surface area contributed by atoms with E-state index in [0.29, 0.717) is 23.5 Å². The number of nitrogens with zero attached hydrogens (tertiary/aromatic N) is 1. The van der Waals surface area contributed by atoms with Crippen molar-refractivity contribution in [3.63, 3.8) is 0 Å². The second-order valence-corrected chi connectivity index (χ2v) is 5.27. The first kappa shape index (κ1) is 11.6. The van der Waals surface area contributed by atoms with E-state index in [2.05, 4.69) is 0 Å². The van der Waals surface area contributed by atoms with Gasteiger partial charge in [0.05, 0.1) is 0 Å². The van der Waals surface area contributed by atoms with E-state index in [4.69, 9.17) is 0 Å². The van der Waals surface area contributed by atoms with Gasteiger partial charge in [0.25, 0.3) is 0 Å². The van der Waals surface area contributed by atoms with E-state index in [0.717, 1.165) is 51.6 Å². The highest BCUT2D eigenvalue weighted by Crippen LogP contribution is 2.30. The van der Waals surface area contributed by atoms with Crippen LogP contribution in [0.2, 0.25) is 0 Å². The predicted octanol–water partition coefficient (Wildman–Crippen LogP) is 2.00. The van der Waals surface area contributed by atoms with E-state index in [1.807, 2.05) is 4.90 Å². The van der Waals surface area contributed by atoms with Crippen LogP contribution in [0.25, 0.3) is 0 Å². The molecule has 1 saturated heterocycles. The molecule has 0 atom stereocenters. The molecule has 2 fully saturated rings. The fraction of sp³-hybridized carbons (Fsp3) is 0.846. The molecule has 2 rings (SSSR count). The van der Waals surface area contributed by atoms with Crippen LogP contribution < -0.4 is 0 Å². The standard InChI is InChI=1S/C13H21NO2/c1-10(15)12-6-4-11(5-7-12)9-14-8-2-3-13(14)16/h11-12H,2-9H2,1H3. The number of likely N-dealkylation sites (tertiary alicyclic amines) is 1. The normalized spacial score (nSPS) is 30.8. The van der Waals surface area contributed by atoms with Crippen molar-refractivity contribution in [3.8, 4) is 0 Å². The molecular weight excluding hydrogens is 202 g/mol. The number of hydrogen-bond donors (Lipinski definition) is 0. The van der Waals surface area contributed by atoms with Crippen molar-refractivity contribution in [1.82, 2.24) is 4.90 Å². The van der Waals surface area contributed by atoms with Gasteiger partial charge in [-0.1, -0.05) is 0 Å². The number of ketones is 1. The summed E-state index contributed by atoms with van der Waals surface area (Å²) >= 11 is 0. The Hall–Kier alpha value is -0.860. The maximum atomic E-state index is 11.5. The topological polar surface area (TPSA) is 37.4 Å². The highest BCUT2D eigenvalue weighted by Gasteiger charge is 2.28. The Morgan fingerprint density at radius 1 is 1.31 bits per heavy atom. The molecule has 3 nitrogen and oxygen atoms in total. The van der Waals surface area contributed by atoms with Crippen LogP contribution in [0.1, 0.15) is 45.4 Å². The molecule has 0 aromatic heterocycles. The molecule has 3 heteroatoms. The molecular formula is C13H21NO2. The summed E-state index contributed by atoms with van der Waals surface area (Å²) in [6.07, 6.45) is 6.07. The third-order valence-corrected chi connectivity index (χ3v) is 4.07. The Bertz CT molecular complexity index is 280. The van der Waals surface area contributed by atoms with Gasteiger partial charge in [0.1, 0.15) is 5.78 Å². The van der Waals surface area contributed by atoms with Gasteiger partial charge in [0.2, 0.25) is 5.91 Å². The molecule has 0 unspecified atom stereocenters. The van der Waals surface area contributed by atoms with E-state index >= 15 is 0 Å². The molecule has 1 heterocycles. The van der Waals surface area contributed by atoms with Crippen LogP contribution in [-0.2, 0) is 9.59 Å². The van der Waals surface area contributed by atoms with E-state index < -0.39 is 0 Å². The minimum absolute atomic E-state index is 0.297. The minimum atomic E-state index is 0.297. The second-order valence-electron chi connectivity index (χ2n) is 5.27. The van der Waals surface area contributed by atoms with Gasteiger partial charge in [0, 0.05) is 25.4 Å². The third-order valence-electron chi connectivity index (χ3n) is 4.07. The average molecular weight is 223 g/mol. The van der Waals surface area contributed by atoms with Gasteiger partial charge < -0.3 is 4.90 Å². The Morgan fingerprint density at radius 3 is 2.50 bits per heavy atom. The highest BCUT2D eigenvalue weighted by molar-refractivity contribution is 5.78. The van der Waals surface area contributed by atoms with Gasteiger partial charge in [-0.2, -0.15) is 0 Å². The van der Waals surface area contributed by atoms with Gasteiger partial charge in [-0.05, 0) is 44.9 Å². The van der Waals surface area contributed by atoms with Crippen molar-refractivity contribution in [2.24, 2.45) is 11.8 Å². The molecule has 0 aromatic rings. The van der Waals surface area contributed by atoms with E-state index in [1.54, 1.807) is 6.92 Å². The van der Waals surface area contributed by atoms with Crippen molar-refractivity contribution in [1.29, 1.82) is 0 Å². The Morgan fingerprint density at radius 2 is 2.00 bits per heavy atom. The average Bonchev–Trinajstić information content (AvgIpc) is 2.65. The Kier molecular flexibility index (Phi) is 3.62. The van der Waals surface area contributed by atoms with Crippen molar-refractivity contribution in [3.05, 3.63) is 0 Å². The lowest BCUT2D eigenvalue weighted by Crippen LogP contribution is -2.33. The first-order valence-corrected chi connectivity index (χ1v) is 6.45. The zero-order chi connectivity index (χ0) is 11.5. The van der Waals surface area contributed by atoms with Crippen LogP contribution in [0.3, 0.4) is 0 Å². The number of carbonyl (C=O) groups is 2. The van der Waals surface area contributed by atoms with Crippen LogP contribution in [0, 0.1) is 11.8 Å². The summed E-state index contributed by atoms with van der Waals surface area (Å²) in [7, 11) is 0. The number of amides is 1. The lowest BCUT2D eigenvalue weighted by atomic mass is 9.80. The summed E-state index contributed by atoms with van der Waals surface area (Å²) in [6, 6.07) is 0. The molecule has 0 bridgehead atoms. The summed E-state index contributed by atoms with van der Waals surface area (Å²) < 4.78 is 0. The molecule has 16 heavy (non-hydrogen) atoms. The highest BCUT2D eigenvalue weighted by atomic mass is 16.2. The molecule has 2 aliphatic rings. The molecule has 1 saturated carbocycles. The minimum Gasteiger partial charge on any atom is -0.342 e. The Labute approximate surface area is 97.2 Å². The maximum absolute atomic E-state index is 11.5. The third kappa shape index (κ3) is 2.63. The first-order valence-electron chi connectivity index (χ1n) is 6.45. The monoisotopic (exact) mass is 223 g/mol. The van der Waals surface area contributed by atoms with Crippen LogP contribution >= 0.6 is 0 Å². The molecule has 1 aliphatic carbocycles. The molecule has 0 N–H and O–H groups in total. The van der Waals surface area contributed by atoms with Gasteiger partial charge >= 0.3 is 0 Å². The SMILES string of the molecule is CC(=O)C1CCC(CN2CCCC2=O)CC1. The number of carbonyl (C=O) groups excluding carboxylic acids is 2. The van der Waals surface area contributed by atoms with Crippen LogP contribution in [-0.4, -0.2) is 29.7 Å². The lowest BCUT2D eigenvalue weighted by Gasteiger charge is -2.30. The molecule has 1 amide bonds. The van der Waals surface area contributed by atoms with Crippen LogP contribution in [0.4, 0.5) is 0 Å². The summed E-state index contributed by atoms with van der Waals surface area (Å²) in [4.78, 5) is 24.7. The maximum Gasteiger partial charge on any atom is 0.222 e. The van der Waals surface area contributed by atoms with Crippen molar-refractivity contribution in [2.45, 2.75) is 45.4 Å². The number of hydrogen-bond acceptors (Lipinski definition) is 2.